The number of hydrogen-bond donors (Lipinski definition) is 2. The molecule has 2 N–H and O–H groups in total. The molecule has 0 unspecified atom stereocenters. The third-order valence-electron chi connectivity index (χ3n) is 4.40. The van der Waals surface area contributed by atoms with E-state index in [2.05, 4.69) is 20.7 Å². The fourth-order valence-electron chi connectivity index (χ4n) is 3.00. The van der Waals surface area contributed by atoms with Crippen LogP contribution >= 0.6 is 24.0 Å². The molecular weight excluding hydrogens is 455 g/mol. The van der Waals surface area contributed by atoms with E-state index in [1.165, 1.54) is 0 Å². The highest BCUT2D eigenvalue weighted by atomic mass is 127. The maximum absolute atomic E-state index is 11.8. The molecule has 0 atom stereocenters. The van der Waals surface area contributed by atoms with Gasteiger partial charge in [0.2, 0.25) is 5.91 Å². The number of hydrogen-bond acceptors (Lipinski definition) is 3. The van der Waals surface area contributed by atoms with E-state index in [0.717, 1.165) is 48.8 Å². The molecule has 8 heteroatoms. The second kappa shape index (κ2) is 10.3. The van der Waals surface area contributed by atoms with Crippen LogP contribution in [0.25, 0.3) is 0 Å². The van der Waals surface area contributed by atoms with Crippen LogP contribution in [0, 0.1) is 6.92 Å². The number of guanidine groups is 1. The molecule has 27 heavy (non-hydrogen) atoms. The first-order valence-electron chi connectivity index (χ1n) is 8.98. The van der Waals surface area contributed by atoms with Gasteiger partial charge in [0.15, 0.2) is 5.96 Å². The first kappa shape index (κ1) is 21.2. The third-order valence-corrected chi connectivity index (χ3v) is 4.40. The van der Waals surface area contributed by atoms with Crippen molar-refractivity contribution in [3.63, 3.8) is 0 Å². The van der Waals surface area contributed by atoms with E-state index in [9.17, 15) is 4.79 Å². The van der Waals surface area contributed by atoms with E-state index in [4.69, 9.17) is 0 Å². The van der Waals surface area contributed by atoms with Gasteiger partial charge in [-0.15, -0.1) is 24.0 Å². The van der Waals surface area contributed by atoms with Crippen LogP contribution in [0.1, 0.15) is 24.0 Å². The molecule has 3 rings (SSSR count). The summed E-state index contributed by atoms with van der Waals surface area (Å²) >= 11 is 0. The maximum Gasteiger partial charge on any atom is 0.227 e. The summed E-state index contributed by atoms with van der Waals surface area (Å²) in [5.74, 6) is 0.973. The molecule has 1 saturated heterocycles. The van der Waals surface area contributed by atoms with Crippen molar-refractivity contribution in [1.29, 1.82) is 0 Å². The van der Waals surface area contributed by atoms with Gasteiger partial charge in [0, 0.05) is 45.0 Å². The Kier molecular flexibility index (Phi) is 8.08. The quantitative estimate of drug-likeness (QED) is 0.377. The summed E-state index contributed by atoms with van der Waals surface area (Å²) in [6, 6.07) is 8.12. The largest absolute Gasteiger partial charge is 0.355 e. The Morgan fingerprint density at radius 2 is 2.04 bits per heavy atom. The van der Waals surface area contributed by atoms with E-state index < -0.39 is 0 Å². The van der Waals surface area contributed by atoms with Crippen molar-refractivity contribution >= 4 is 41.5 Å². The molecule has 1 fully saturated rings. The molecule has 2 heterocycles. The van der Waals surface area contributed by atoms with Crippen molar-refractivity contribution in [2.24, 2.45) is 4.99 Å². The minimum Gasteiger partial charge on any atom is -0.355 e. The van der Waals surface area contributed by atoms with Gasteiger partial charge in [0.25, 0.3) is 0 Å². The van der Waals surface area contributed by atoms with E-state index in [0.29, 0.717) is 13.0 Å². The predicted octanol–water partition coefficient (Wildman–Crippen LogP) is 2.30. The number of carbonyl (C=O) groups is 1. The lowest BCUT2D eigenvalue weighted by Gasteiger charge is -2.16. The molecule has 0 radical (unpaired) electrons. The first-order valence-corrected chi connectivity index (χ1v) is 8.98. The summed E-state index contributed by atoms with van der Waals surface area (Å²) in [7, 11) is 1.76. The number of aliphatic imine (C=N–C) groups is 1. The van der Waals surface area contributed by atoms with Crippen molar-refractivity contribution in [3.05, 3.63) is 47.8 Å². The zero-order valence-electron chi connectivity index (χ0n) is 15.8. The van der Waals surface area contributed by atoms with Gasteiger partial charge < -0.3 is 15.5 Å². The third kappa shape index (κ3) is 5.95. The SMILES string of the molecule is CN=C(NCCn1cc(C)cn1)NCc1ccc(N2CCCC2=O)cc1.I. The highest BCUT2D eigenvalue weighted by Gasteiger charge is 2.21. The fourth-order valence-corrected chi connectivity index (χ4v) is 3.00. The molecule has 1 aromatic heterocycles. The van der Waals surface area contributed by atoms with Gasteiger partial charge in [-0.25, -0.2) is 0 Å². The number of benzene rings is 1. The van der Waals surface area contributed by atoms with Crippen LogP contribution in [0.3, 0.4) is 0 Å². The lowest BCUT2D eigenvalue weighted by atomic mass is 10.2. The van der Waals surface area contributed by atoms with Crippen molar-refractivity contribution in [1.82, 2.24) is 20.4 Å². The number of anilines is 1. The van der Waals surface area contributed by atoms with E-state index in [-0.39, 0.29) is 29.9 Å². The standard InChI is InChI=1S/C19H26N6O.HI/c1-15-12-23-24(14-15)11-9-21-19(20-2)22-13-16-5-7-17(8-6-16)25-10-3-4-18(25)26;/h5-8,12,14H,3-4,9-11,13H2,1-2H3,(H2,20,21,22);1H. The zero-order valence-corrected chi connectivity index (χ0v) is 18.1. The number of rotatable bonds is 6. The number of nitrogens with one attached hydrogen (secondary N) is 2. The number of amides is 1. The zero-order chi connectivity index (χ0) is 18.4. The van der Waals surface area contributed by atoms with Crippen LogP contribution in [-0.2, 0) is 17.9 Å². The van der Waals surface area contributed by atoms with E-state index >= 15 is 0 Å². The average Bonchev–Trinajstić information content (AvgIpc) is 3.26. The Labute approximate surface area is 177 Å². The molecule has 0 saturated carbocycles. The Bertz CT molecular complexity index is 771. The van der Waals surface area contributed by atoms with Crippen LogP contribution in [0.5, 0.6) is 0 Å². The van der Waals surface area contributed by atoms with Gasteiger partial charge in [0.1, 0.15) is 0 Å². The van der Waals surface area contributed by atoms with Gasteiger partial charge in [-0.05, 0) is 36.6 Å². The minimum atomic E-state index is 0. The van der Waals surface area contributed by atoms with Gasteiger partial charge in [-0.3, -0.25) is 14.5 Å². The molecule has 2 aromatic rings. The molecule has 0 spiro atoms. The van der Waals surface area contributed by atoms with Crippen molar-refractivity contribution in [3.8, 4) is 0 Å². The maximum atomic E-state index is 11.8. The number of carbonyl (C=O) groups excluding carboxylic acids is 1. The highest BCUT2D eigenvalue weighted by molar-refractivity contribution is 14.0. The molecule has 1 aliphatic heterocycles. The van der Waals surface area contributed by atoms with Gasteiger partial charge >= 0.3 is 0 Å². The normalized spacial score (nSPS) is 14.2. The lowest BCUT2D eigenvalue weighted by Crippen LogP contribution is -2.38. The summed E-state index contributed by atoms with van der Waals surface area (Å²) in [4.78, 5) is 17.9. The fraction of sp³-hybridized carbons (Fsp3) is 0.421. The second-order valence-corrected chi connectivity index (χ2v) is 6.45. The first-order chi connectivity index (χ1) is 12.7. The number of aromatic nitrogens is 2. The number of halogens is 1. The Balaban J connectivity index is 0.00000261. The second-order valence-electron chi connectivity index (χ2n) is 6.45. The van der Waals surface area contributed by atoms with Crippen LogP contribution < -0.4 is 15.5 Å². The molecule has 146 valence electrons. The summed E-state index contributed by atoms with van der Waals surface area (Å²) < 4.78 is 1.91. The van der Waals surface area contributed by atoms with Crippen LogP contribution in [0.4, 0.5) is 5.69 Å². The van der Waals surface area contributed by atoms with Crippen LogP contribution in [0.15, 0.2) is 41.7 Å². The molecule has 1 amide bonds. The van der Waals surface area contributed by atoms with E-state index in [1.54, 1.807) is 7.05 Å². The average molecular weight is 482 g/mol. The van der Waals surface area contributed by atoms with Crippen molar-refractivity contribution in [2.75, 3.05) is 25.0 Å². The van der Waals surface area contributed by atoms with Crippen LogP contribution in [-0.4, -0.2) is 41.8 Å². The summed E-state index contributed by atoms with van der Waals surface area (Å²) in [6.07, 6.45) is 5.47. The topological polar surface area (TPSA) is 74.6 Å². The monoisotopic (exact) mass is 482 g/mol. The summed E-state index contributed by atoms with van der Waals surface area (Å²) in [5.41, 5.74) is 3.28. The smallest absolute Gasteiger partial charge is 0.227 e. The van der Waals surface area contributed by atoms with Crippen molar-refractivity contribution < 1.29 is 4.79 Å². The molecular formula is C19H27IN6O. The lowest BCUT2D eigenvalue weighted by molar-refractivity contribution is -0.117. The Hall–Kier alpha value is -2.10. The van der Waals surface area contributed by atoms with Crippen LogP contribution in [0.2, 0.25) is 0 Å². The molecule has 7 nitrogen and oxygen atoms in total. The van der Waals surface area contributed by atoms with Gasteiger partial charge in [0.05, 0.1) is 12.7 Å². The van der Waals surface area contributed by atoms with Gasteiger partial charge in [-0.2, -0.15) is 5.10 Å². The predicted molar refractivity (Wildman–Crippen MR) is 119 cm³/mol. The molecule has 0 aliphatic carbocycles. The number of aryl methyl sites for hydroxylation is 1. The van der Waals surface area contributed by atoms with E-state index in [1.807, 2.05) is 53.2 Å². The van der Waals surface area contributed by atoms with Gasteiger partial charge in [-0.1, -0.05) is 12.1 Å². The Morgan fingerprint density at radius 1 is 1.26 bits per heavy atom. The highest BCUT2D eigenvalue weighted by Crippen LogP contribution is 2.21. The molecule has 0 bridgehead atoms. The molecule has 1 aliphatic rings. The number of nitrogens with zero attached hydrogens (tertiary/aromatic N) is 4. The minimum absolute atomic E-state index is 0. The molecule has 1 aromatic carbocycles. The Morgan fingerprint density at radius 3 is 2.63 bits per heavy atom. The van der Waals surface area contributed by atoms with Crippen molar-refractivity contribution in [2.45, 2.75) is 32.9 Å². The summed E-state index contributed by atoms with van der Waals surface area (Å²) in [5, 5.41) is 10.9. The summed E-state index contributed by atoms with van der Waals surface area (Å²) in [6.45, 7) is 5.06.